The number of fused-ring (bicyclic) bond motifs is 3. The van der Waals surface area contributed by atoms with Gasteiger partial charge in [0.05, 0.1) is 6.54 Å². The van der Waals surface area contributed by atoms with Gasteiger partial charge in [0.2, 0.25) is 5.91 Å². The molecule has 1 aliphatic carbocycles. The van der Waals surface area contributed by atoms with Gasteiger partial charge in [-0.25, -0.2) is 0 Å². The molecule has 4 rings (SSSR count). The van der Waals surface area contributed by atoms with Crippen molar-refractivity contribution in [1.29, 1.82) is 0 Å². The molecule has 1 unspecified atom stereocenters. The van der Waals surface area contributed by atoms with Crippen molar-refractivity contribution in [3.8, 4) is 0 Å². The average molecular weight is 426 g/mol. The molecule has 6 heteroatoms. The maximum absolute atomic E-state index is 13.2. The first kappa shape index (κ1) is 21.9. The molecule has 1 aromatic carbocycles. The second-order valence-electron chi connectivity index (χ2n) is 8.94. The third-order valence-corrected chi connectivity index (χ3v) is 7.21. The summed E-state index contributed by atoms with van der Waals surface area (Å²) in [6.45, 7) is 6.75. The molecule has 0 spiro atoms. The van der Waals surface area contributed by atoms with Gasteiger partial charge < -0.3 is 19.5 Å². The lowest BCUT2D eigenvalue weighted by molar-refractivity contribution is -0.121. The number of hydrogen-bond acceptors (Lipinski definition) is 3. The fraction of sp³-hybridized carbons (Fsp3) is 0.600. The number of carbonyl (C=O) groups excluding carboxylic acids is 2. The van der Waals surface area contributed by atoms with Crippen molar-refractivity contribution >= 4 is 22.7 Å². The maximum atomic E-state index is 13.2. The molecule has 1 fully saturated rings. The Labute approximate surface area is 184 Å². The molecule has 1 aromatic heterocycles. The van der Waals surface area contributed by atoms with Gasteiger partial charge in [-0.3, -0.25) is 9.59 Å². The van der Waals surface area contributed by atoms with E-state index >= 15 is 0 Å². The molecule has 1 N–H and O–H groups in total. The van der Waals surface area contributed by atoms with Crippen LogP contribution in [0.15, 0.2) is 18.2 Å². The summed E-state index contributed by atoms with van der Waals surface area (Å²) in [6, 6.07) is 6.04. The molecule has 168 valence electrons. The minimum Gasteiger partial charge on any atom is -0.381 e. The van der Waals surface area contributed by atoms with Crippen LogP contribution in [0, 0.1) is 11.8 Å². The normalized spacial score (nSPS) is 19.3. The highest BCUT2D eigenvalue weighted by molar-refractivity contribution is 6.00. The number of hydrogen-bond donors (Lipinski definition) is 1. The Morgan fingerprint density at radius 2 is 1.94 bits per heavy atom. The standard InChI is InChI=1S/C25H35N3O3/c1-4-26-24(29)16-28(5-2)25(30)19-7-9-23-21(15-19)20-14-18(6-8-22(20)27(23)3)17-10-12-31-13-11-17/h7,9,15,17-18H,4-6,8,10-14,16H2,1-3H3,(H,26,29). The lowest BCUT2D eigenvalue weighted by Crippen LogP contribution is -2.40. The lowest BCUT2D eigenvalue weighted by Gasteiger charge is -2.33. The monoisotopic (exact) mass is 425 g/mol. The Bertz CT molecular complexity index is 959. The second-order valence-corrected chi connectivity index (χ2v) is 8.94. The van der Waals surface area contributed by atoms with Gasteiger partial charge >= 0.3 is 0 Å². The number of amides is 2. The van der Waals surface area contributed by atoms with Crippen LogP contribution < -0.4 is 5.32 Å². The zero-order valence-corrected chi connectivity index (χ0v) is 19.1. The molecule has 1 atom stereocenters. The molecule has 0 bridgehead atoms. The summed E-state index contributed by atoms with van der Waals surface area (Å²) in [5, 5.41) is 3.98. The third-order valence-electron chi connectivity index (χ3n) is 7.21. The molecule has 2 aliphatic rings. The number of nitrogens with zero attached hydrogens (tertiary/aromatic N) is 2. The third kappa shape index (κ3) is 4.36. The fourth-order valence-electron chi connectivity index (χ4n) is 5.47. The van der Waals surface area contributed by atoms with Gasteiger partial charge in [0.1, 0.15) is 0 Å². The van der Waals surface area contributed by atoms with Crippen molar-refractivity contribution in [2.75, 3.05) is 32.8 Å². The smallest absolute Gasteiger partial charge is 0.254 e. The summed E-state index contributed by atoms with van der Waals surface area (Å²) in [4.78, 5) is 26.8. The average Bonchev–Trinajstić information content (AvgIpc) is 3.08. The first-order valence-electron chi connectivity index (χ1n) is 11.8. The number of likely N-dealkylation sites (N-methyl/N-ethyl adjacent to an activating group) is 2. The highest BCUT2D eigenvalue weighted by Crippen LogP contribution is 2.39. The molecule has 2 aromatic rings. The van der Waals surface area contributed by atoms with Crippen LogP contribution in [0.3, 0.4) is 0 Å². The molecule has 0 radical (unpaired) electrons. The van der Waals surface area contributed by atoms with Crippen LogP contribution in [0.25, 0.3) is 10.9 Å². The number of aryl methyl sites for hydroxylation is 1. The first-order chi connectivity index (χ1) is 15.0. The maximum Gasteiger partial charge on any atom is 0.254 e. The predicted octanol–water partition coefficient (Wildman–Crippen LogP) is 3.31. The van der Waals surface area contributed by atoms with E-state index in [0.29, 0.717) is 24.6 Å². The SMILES string of the molecule is CCNC(=O)CN(CC)C(=O)c1ccc2c(c1)c1c(n2C)CCC(C2CCOCC2)C1. The summed E-state index contributed by atoms with van der Waals surface area (Å²) >= 11 is 0. The second kappa shape index (κ2) is 9.43. The highest BCUT2D eigenvalue weighted by atomic mass is 16.5. The molecular weight excluding hydrogens is 390 g/mol. The van der Waals surface area contributed by atoms with Crippen molar-refractivity contribution in [1.82, 2.24) is 14.8 Å². The van der Waals surface area contributed by atoms with Crippen molar-refractivity contribution in [2.45, 2.75) is 46.0 Å². The quantitative estimate of drug-likeness (QED) is 0.772. The molecular formula is C25H35N3O3. The number of ether oxygens (including phenoxy) is 1. The van der Waals surface area contributed by atoms with Crippen LogP contribution in [0.1, 0.15) is 54.7 Å². The number of rotatable bonds is 6. The van der Waals surface area contributed by atoms with E-state index in [1.807, 2.05) is 19.9 Å². The van der Waals surface area contributed by atoms with E-state index < -0.39 is 0 Å². The van der Waals surface area contributed by atoms with Gasteiger partial charge in [-0.05, 0) is 81.5 Å². The van der Waals surface area contributed by atoms with Crippen molar-refractivity contribution in [2.24, 2.45) is 18.9 Å². The van der Waals surface area contributed by atoms with Crippen molar-refractivity contribution < 1.29 is 14.3 Å². The first-order valence-corrected chi connectivity index (χ1v) is 11.8. The summed E-state index contributed by atoms with van der Waals surface area (Å²) in [5.74, 6) is 1.25. The number of nitrogens with one attached hydrogen (secondary N) is 1. The Kier molecular flexibility index (Phi) is 6.65. The number of aromatic nitrogens is 1. The summed E-state index contributed by atoms with van der Waals surface area (Å²) in [6.07, 6.45) is 5.76. The van der Waals surface area contributed by atoms with E-state index in [0.717, 1.165) is 32.0 Å². The number of carbonyl (C=O) groups is 2. The summed E-state index contributed by atoms with van der Waals surface area (Å²) < 4.78 is 7.89. The van der Waals surface area contributed by atoms with Crippen LogP contribution in [0.5, 0.6) is 0 Å². The van der Waals surface area contributed by atoms with Crippen molar-refractivity contribution in [3.63, 3.8) is 0 Å². The van der Waals surface area contributed by atoms with E-state index in [9.17, 15) is 9.59 Å². The highest BCUT2D eigenvalue weighted by Gasteiger charge is 2.31. The van der Waals surface area contributed by atoms with Gasteiger partial charge in [-0.1, -0.05) is 0 Å². The van der Waals surface area contributed by atoms with Crippen LogP contribution in [-0.4, -0.2) is 54.1 Å². The molecule has 2 heterocycles. The minimum absolute atomic E-state index is 0.0787. The van der Waals surface area contributed by atoms with Gasteiger partial charge in [0, 0.05) is 55.5 Å². The molecule has 0 saturated carbocycles. The zero-order valence-electron chi connectivity index (χ0n) is 19.1. The Morgan fingerprint density at radius 1 is 1.16 bits per heavy atom. The van der Waals surface area contributed by atoms with Crippen LogP contribution in [0.4, 0.5) is 0 Å². The number of benzene rings is 1. The Balaban J connectivity index is 1.61. The molecule has 1 aliphatic heterocycles. The predicted molar refractivity (Wildman–Crippen MR) is 122 cm³/mol. The fourth-order valence-corrected chi connectivity index (χ4v) is 5.47. The van der Waals surface area contributed by atoms with E-state index in [1.54, 1.807) is 4.90 Å². The molecule has 1 saturated heterocycles. The van der Waals surface area contributed by atoms with Crippen LogP contribution >= 0.6 is 0 Å². The summed E-state index contributed by atoms with van der Waals surface area (Å²) in [5.41, 5.74) is 4.69. The van der Waals surface area contributed by atoms with Gasteiger partial charge in [0.25, 0.3) is 5.91 Å². The minimum atomic E-state index is -0.116. The van der Waals surface area contributed by atoms with Crippen molar-refractivity contribution in [3.05, 3.63) is 35.0 Å². The van der Waals surface area contributed by atoms with Gasteiger partial charge in [-0.2, -0.15) is 0 Å². The van der Waals surface area contributed by atoms with Crippen LogP contribution in [0.2, 0.25) is 0 Å². The molecule has 2 amide bonds. The van der Waals surface area contributed by atoms with Gasteiger partial charge in [0.15, 0.2) is 0 Å². The van der Waals surface area contributed by atoms with E-state index in [1.165, 1.54) is 41.4 Å². The topological polar surface area (TPSA) is 63.6 Å². The Hall–Kier alpha value is -2.34. The van der Waals surface area contributed by atoms with E-state index in [2.05, 4.69) is 29.1 Å². The van der Waals surface area contributed by atoms with E-state index in [-0.39, 0.29) is 18.4 Å². The molecule has 6 nitrogen and oxygen atoms in total. The zero-order chi connectivity index (χ0) is 22.0. The van der Waals surface area contributed by atoms with E-state index in [4.69, 9.17) is 4.74 Å². The van der Waals surface area contributed by atoms with Gasteiger partial charge in [-0.15, -0.1) is 0 Å². The lowest BCUT2D eigenvalue weighted by atomic mass is 9.75. The Morgan fingerprint density at radius 3 is 2.65 bits per heavy atom. The summed E-state index contributed by atoms with van der Waals surface area (Å²) in [7, 11) is 2.14. The van der Waals surface area contributed by atoms with Crippen LogP contribution in [-0.2, 0) is 29.4 Å². The largest absolute Gasteiger partial charge is 0.381 e. The molecule has 31 heavy (non-hydrogen) atoms.